The van der Waals surface area contributed by atoms with Crippen molar-refractivity contribution in [3.63, 3.8) is 0 Å². The molecule has 0 amide bonds. The zero-order valence-corrected chi connectivity index (χ0v) is 19.0. The van der Waals surface area contributed by atoms with Gasteiger partial charge in [0.1, 0.15) is 11.7 Å². The number of esters is 1. The molecule has 1 unspecified atom stereocenters. The summed E-state index contributed by atoms with van der Waals surface area (Å²) < 4.78 is 21.5. The predicted octanol–water partition coefficient (Wildman–Crippen LogP) is 6.04. The van der Waals surface area contributed by atoms with E-state index in [-0.39, 0.29) is 23.6 Å². The Labute approximate surface area is 194 Å². The van der Waals surface area contributed by atoms with E-state index in [1.165, 1.54) is 12.1 Å². The van der Waals surface area contributed by atoms with Gasteiger partial charge in [0.15, 0.2) is 5.65 Å². The highest BCUT2D eigenvalue weighted by Crippen LogP contribution is 2.32. The van der Waals surface area contributed by atoms with Gasteiger partial charge in [-0.3, -0.25) is 4.79 Å². The van der Waals surface area contributed by atoms with Gasteiger partial charge in [-0.1, -0.05) is 41.4 Å². The number of hydrogen-bond acceptors (Lipinski definition) is 4. The molecule has 2 aromatic heterocycles. The molecule has 1 atom stereocenters. The van der Waals surface area contributed by atoms with Crippen molar-refractivity contribution in [2.75, 3.05) is 6.61 Å². The van der Waals surface area contributed by atoms with Crippen LogP contribution in [0.4, 0.5) is 4.39 Å². The lowest BCUT2D eigenvalue weighted by Crippen LogP contribution is -2.22. The first-order valence-electron chi connectivity index (χ1n) is 10.1. The van der Waals surface area contributed by atoms with E-state index in [0.717, 1.165) is 16.8 Å². The Morgan fingerprint density at radius 2 is 1.91 bits per heavy atom. The van der Waals surface area contributed by atoms with Crippen LogP contribution in [0, 0.1) is 12.7 Å². The molecule has 8 heteroatoms. The van der Waals surface area contributed by atoms with Crippen LogP contribution in [0.15, 0.2) is 54.7 Å². The smallest absolute Gasteiger partial charge is 0.315 e. The van der Waals surface area contributed by atoms with Gasteiger partial charge in [-0.2, -0.15) is 5.10 Å². The molecule has 0 radical (unpaired) electrons. The summed E-state index contributed by atoms with van der Waals surface area (Å²) >= 11 is 12.3. The van der Waals surface area contributed by atoms with Crippen molar-refractivity contribution < 1.29 is 13.9 Å². The molecule has 164 valence electrons. The van der Waals surface area contributed by atoms with Crippen molar-refractivity contribution in [1.82, 2.24) is 14.6 Å². The van der Waals surface area contributed by atoms with Crippen LogP contribution in [-0.4, -0.2) is 27.2 Å². The molecule has 0 saturated carbocycles. The Morgan fingerprint density at radius 3 is 2.59 bits per heavy atom. The monoisotopic (exact) mass is 471 g/mol. The summed E-state index contributed by atoms with van der Waals surface area (Å²) in [6.07, 6.45) is 1.64. The van der Waals surface area contributed by atoms with Crippen LogP contribution in [0.3, 0.4) is 0 Å². The second-order valence-corrected chi connectivity index (χ2v) is 8.13. The highest BCUT2D eigenvalue weighted by molar-refractivity contribution is 6.31. The molecule has 2 aromatic carbocycles. The molecule has 0 fully saturated rings. The summed E-state index contributed by atoms with van der Waals surface area (Å²) in [5.41, 5.74) is 3.83. The van der Waals surface area contributed by atoms with Crippen LogP contribution in [0.5, 0.6) is 0 Å². The lowest BCUT2D eigenvalue weighted by atomic mass is 9.95. The van der Waals surface area contributed by atoms with Crippen LogP contribution in [-0.2, 0) is 16.0 Å². The second-order valence-electron chi connectivity index (χ2n) is 7.28. The fourth-order valence-electron chi connectivity index (χ4n) is 3.77. The maximum atomic E-state index is 14.5. The zero-order valence-electron chi connectivity index (χ0n) is 17.5. The molecule has 0 aliphatic carbocycles. The number of rotatable bonds is 6. The molecule has 32 heavy (non-hydrogen) atoms. The number of carbonyl (C=O) groups excluding carboxylic acids is 1. The standard InChI is InChI=1S/C24H20Cl2FN3O2/c1-3-32-24(31)18(13-17-19(26)5-4-6-20(17)27)21-11-12-28-23-22(14(2)29-30(21)23)15-7-9-16(25)10-8-15/h4-12,18H,3,13H2,1-2H3. The second kappa shape index (κ2) is 9.27. The molecule has 0 bridgehead atoms. The van der Waals surface area contributed by atoms with E-state index < -0.39 is 17.7 Å². The van der Waals surface area contributed by atoms with E-state index in [1.807, 2.05) is 19.1 Å². The van der Waals surface area contributed by atoms with Gasteiger partial charge in [-0.05, 0) is 56.2 Å². The highest BCUT2D eigenvalue weighted by Gasteiger charge is 2.29. The van der Waals surface area contributed by atoms with Crippen LogP contribution >= 0.6 is 23.2 Å². The normalized spacial score (nSPS) is 12.2. The molecule has 0 saturated heterocycles. The summed E-state index contributed by atoms with van der Waals surface area (Å²) in [7, 11) is 0. The molecule has 0 N–H and O–H groups in total. The first-order valence-corrected chi connectivity index (χ1v) is 10.9. The van der Waals surface area contributed by atoms with E-state index in [1.54, 1.807) is 41.9 Å². The molecule has 0 spiro atoms. The average Bonchev–Trinajstić information content (AvgIpc) is 3.10. The number of carbonyl (C=O) groups is 1. The number of halogens is 3. The SMILES string of the molecule is CCOC(=O)C(Cc1c(F)cccc1Cl)c1ccnc2c(-c3ccc(Cl)cc3)c(C)nn12. The number of hydrogen-bond donors (Lipinski definition) is 0. The van der Waals surface area contributed by atoms with Gasteiger partial charge in [0.25, 0.3) is 0 Å². The number of benzene rings is 2. The first-order chi connectivity index (χ1) is 15.4. The minimum absolute atomic E-state index is 0.0264. The predicted molar refractivity (Wildman–Crippen MR) is 123 cm³/mol. The maximum Gasteiger partial charge on any atom is 0.315 e. The summed E-state index contributed by atoms with van der Waals surface area (Å²) in [4.78, 5) is 17.5. The topological polar surface area (TPSA) is 56.5 Å². The molecular formula is C24H20Cl2FN3O2. The van der Waals surface area contributed by atoms with Crippen LogP contribution < -0.4 is 0 Å². The fraction of sp³-hybridized carbons (Fsp3) is 0.208. The Bertz CT molecular complexity index is 1270. The van der Waals surface area contributed by atoms with Crippen LogP contribution in [0.1, 0.15) is 29.8 Å². The van der Waals surface area contributed by atoms with Crippen molar-refractivity contribution in [3.8, 4) is 11.1 Å². The minimum Gasteiger partial charge on any atom is -0.465 e. The number of aryl methyl sites for hydroxylation is 1. The number of aromatic nitrogens is 3. The molecule has 5 nitrogen and oxygen atoms in total. The summed E-state index contributed by atoms with van der Waals surface area (Å²) in [6, 6.07) is 13.5. The average molecular weight is 472 g/mol. The Kier molecular flexibility index (Phi) is 6.44. The van der Waals surface area contributed by atoms with Crippen LogP contribution in [0.2, 0.25) is 10.0 Å². The zero-order chi connectivity index (χ0) is 22.8. The fourth-order valence-corrected chi connectivity index (χ4v) is 4.14. The largest absolute Gasteiger partial charge is 0.465 e. The summed E-state index contributed by atoms with van der Waals surface area (Å²) in [5.74, 6) is -1.79. The van der Waals surface area contributed by atoms with Crippen molar-refractivity contribution in [2.45, 2.75) is 26.2 Å². The van der Waals surface area contributed by atoms with E-state index in [0.29, 0.717) is 16.4 Å². The third-order valence-electron chi connectivity index (χ3n) is 5.25. The summed E-state index contributed by atoms with van der Waals surface area (Å²) in [6.45, 7) is 3.79. The third kappa shape index (κ3) is 4.20. The van der Waals surface area contributed by atoms with E-state index in [2.05, 4.69) is 10.1 Å². The van der Waals surface area contributed by atoms with Gasteiger partial charge in [0.05, 0.1) is 18.0 Å². The van der Waals surface area contributed by atoms with Gasteiger partial charge < -0.3 is 4.74 Å². The molecular weight excluding hydrogens is 452 g/mol. The minimum atomic E-state index is -0.827. The summed E-state index contributed by atoms with van der Waals surface area (Å²) in [5, 5.41) is 5.53. The van der Waals surface area contributed by atoms with Crippen LogP contribution in [0.25, 0.3) is 16.8 Å². The third-order valence-corrected chi connectivity index (χ3v) is 5.86. The quantitative estimate of drug-likeness (QED) is 0.321. The Balaban J connectivity index is 1.87. The van der Waals surface area contributed by atoms with E-state index in [4.69, 9.17) is 27.9 Å². The number of nitrogens with zero attached hydrogens (tertiary/aromatic N) is 3. The number of ether oxygens (including phenoxy) is 1. The van der Waals surface area contributed by atoms with Gasteiger partial charge in [0.2, 0.25) is 0 Å². The molecule has 2 heterocycles. The maximum absolute atomic E-state index is 14.5. The van der Waals surface area contributed by atoms with Crippen molar-refractivity contribution >= 4 is 34.8 Å². The van der Waals surface area contributed by atoms with Crippen molar-refractivity contribution in [2.24, 2.45) is 0 Å². The highest BCUT2D eigenvalue weighted by atomic mass is 35.5. The Hall–Kier alpha value is -2.96. The first kappa shape index (κ1) is 22.2. The van der Waals surface area contributed by atoms with E-state index in [9.17, 15) is 9.18 Å². The van der Waals surface area contributed by atoms with Gasteiger partial charge in [-0.15, -0.1) is 0 Å². The number of fused-ring (bicyclic) bond motifs is 1. The Morgan fingerprint density at radius 1 is 1.16 bits per heavy atom. The van der Waals surface area contributed by atoms with Crippen molar-refractivity contribution in [1.29, 1.82) is 0 Å². The molecule has 0 aliphatic rings. The lowest BCUT2D eigenvalue weighted by Gasteiger charge is -2.18. The van der Waals surface area contributed by atoms with Crippen molar-refractivity contribution in [3.05, 3.63) is 87.5 Å². The van der Waals surface area contributed by atoms with Gasteiger partial charge in [0, 0.05) is 27.4 Å². The molecule has 0 aliphatic heterocycles. The molecule has 4 aromatic rings. The lowest BCUT2D eigenvalue weighted by molar-refractivity contribution is -0.145. The molecule has 4 rings (SSSR count). The van der Waals surface area contributed by atoms with Gasteiger partial charge >= 0.3 is 5.97 Å². The van der Waals surface area contributed by atoms with Gasteiger partial charge in [-0.25, -0.2) is 13.9 Å². The van der Waals surface area contributed by atoms with E-state index >= 15 is 0 Å².